The minimum Gasteiger partial charge on any atom is -0.355 e. The quantitative estimate of drug-likeness (QED) is 0.384. The molecule has 1 saturated heterocycles. The summed E-state index contributed by atoms with van der Waals surface area (Å²) < 4.78 is 14.0. The van der Waals surface area contributed by atoms with E-state index in [-0.39, 0.29) is 41.8 Å². The van der Waals surface area contributed by atoms with Gasteiger partial charge < -0.3 is 10.6 Å². The van der Waals surface area contributed by atoms with E-state index in [2.05, 4.69) is 27.4 Å². The second-order valence-electron chi connectivity index (χ2n) is 6.61. The number of likely N-dealkylation sites (tertiary alicyclic amines) is 1. The van der Waals surface area contributed by atoms with Crippen LogP contribution in [0.15, 0.2) is 23.2 Å². The molecule has 0 aromatic heterocycles. The molecule has 3 rings (SSSR count). The van der Waals surface area contributed by atoms with Crippen LogP contribution in [0.2, 0.25) is 5.02 Å². The average molecular weight is 481 g/mol. The van der Waals surface area contributed by atoms with Gasteiger partial charge in [-0.2, -0.15) is 0 Å². The molecule has 2 fully saturated rings. The van der Waals surface area contributed by atoms with Gasteiger partial charge in [-0.15, -0.1) is 24.0 Å². The highest BCUT2D eigenvalue weighted by molar-refractivity contribution is 14.0. The predicted octanol–water partition coefficient (Wildman–Crippen LogP) is 3.60. The van der Waals surface area contributed by atoms with Gasteiger partial charge in [-0.05, 0) is 44.5 Å². The molecule has 0 spiro atoms. The lowest BCUT2D eigenvalue weighted by molar-refractivity contribution is 0.267. The molecule has 0 bridgehead atoms. The first-order valence-electron chi connectivity index (χ1n) is 8.79. The number of hydrogen-bond donors (Lipinski definition) is 2. The van der Waals surface area contributed by atoms with Crippen molar-refractivity contribution in [1.82, 2.24) is 15.5 Å². The van der Waals surface area contributed by atoms with Crippen molar-refractivity contribution < 1.29 is 4.39 Å². The summed E-state index contributed by atoms with van der Waals surface area (Å²) in [6.45, 7) is 5.38. The minimum atomic E-state index is -0.218. The van der Waals surface area contributed by atoms with Crippen molar-refractivity contribution in [3.05, 3.63) is 34.6 Å². The van der Waals surface area contributed by atoms with Gasteiger partial charge >= 0.3 is 0 Å². The fourth-order valence-corrected chi connectivity index (χ4v) is 3.97. The molecule has 3 atom stereocenters. The third kappa shape index (κ3) is 4.98. The van der Waals surface area contributed by atoms with Crippen molar-refractivity contribution in [3.63, 3.8) is 0 Å². The zero-order chi connectivity index (χ0) is 17.1. The molecule has 4 nitrogen and oxygen atoms in total. The summed E-state index contributed by atoms with van der Waals surface area (Å²) in [5, 5.41) is 7.33. The van der Waals surface area contributed by atoms with E-state index >= 15 is 0 Å². The van der Waals surface area contributed by atoms with E-state index in [0.29, 0.717) is 16.6 Å². The van der Waals surface area contributed by atoms with Crippen LogP contribution in [0.3, 0.4) is 0 Å². The van der Waals surface area contributed by atoms with Gasteiger partial charge in [0.2, 0.25) is 0 Å². The maximum Gasteiger partial charge on any atom is 0.191 e. The van der Waals surface area contributed by atoms with Crippen LogP contribution < -0.4 is 10.6 Å². The average Bonchev–Trinajstić information content (AvgIpc) is 3.16. The van der Waals surface area contributed by atoms with Crippen molar-refractivity contribution in [1.29, 1.82) is 0 Å². The fourth-order valence-electron chi connectivity index (χ4n) is 3.67. The van der Waals surface area contributed by atoms with E-state index < -0.39 is 0 Å². The van der Waals surface area contributed by atoms with E-state index in [1.807, 2.05) is 0 Å². The molecule has 1 saturated carbocycles. The molecule has 2 aliphatic rings. The zero-order valence-electron chi connectivity index (χ0n) is 14.8. The SMILES string of the molecule is CCN1CCCC1CNC(=NC)NC1CC1c1c(F)cccc1Cl.I. The van der Waals surface area contributed by atoms with E-state index in [1.165, 1.54) is 25.5 Å². The van der Waals surface area contributed by atoms with Crippen LogP contribution in [0.5, 0.6) is 0 Å². The molecule has 3 unspecified atom stereocenters. The highest BCUT2D eigenvalue weighted by Crippen LogP contribution is 2.44. The molecule has 140 valence electrons. The van der Waals surface area contributed by atoms with Crippen molar-refractivity contribution >= 4 is 41.5 Å². The Bertz CT molecular complexity index is 592. The second kappa shape index (κ2) is 9.37. The number of hydrogen-bond acceptors (Lipinski definition) is 2. The number of guanidine groups is 1. The molecule has 1 aromatic carbocycles. The highest BCUT2D eigenvalue weighted by Gasteiger charge is 2.42. The van der Waals surface area contributed by atoms with E-state index in [0.717, 1.165) is 25.5 Å². The Morgan fingerprint density at radius 3 is 2.92 bits per heavy atom. The second-order valence-corrected chi connectivity index (χ2v) is 7.01. The smallest absolute Gasteiger partial charge is 0.191 e. The summed E-state index contributed by atoms with van der Waals surface area (Å²) >= 11 is 6.16. The first kappa shape index (κ1) is 20.7. The van der Waals surface area contributed by atoms with Gasteiger partial charge in [0.05, 0.1) is 0 Å². The number of nitrogens with one attached hydrogen (secondary N) is 2. The summed E-state index contributed by atoms with van der Waals surface area (Å²) in [4.78, 5) is 6.80. The molecular weight excluding hydrogens is 454 g/mol. The molecule has 2 N–H and O–H groups in total. The lowest BCUT2D eigenvalue weighted by Gasteiger charge is -2.24. The van der Waals surface area contributed by atoms with Gasteiger partial charge in [0.25, 0.3) is 0 Å². The number of halogens is 3. The third-order valence-corrected chi connectivity index (χ3v) is 5.45. The molecule has 7 heteroatoms. The Morgan fingerprint density at radius 2 is 2.24 bits per heavy atom. The Labute approximate surface area is 171 Å². The maximum absolute atomic E-state index is 14.0. The molecule has 0 amide bonds. The van der Waals surface area contributed by atoms with Gasteiger partial charge in [0.15, 0.2) is 5.96 Å². The first-order chi connectivity index (χ1) is 11.6. The largest absolute Gasteiger partial charge is 0.355 e. The van der Waals surface area contributed by atoms with Gasteiger partial charge in [-0.1, -0.05) is 24.6 Å². The zero-order valence-corrected chi connectivity index (χ0v) is 17.9. The Kier molecular flexibility index (Phi) is 7.76. The molecule has 25 heavy (non-hydrogen) atoms. The monoisotopic (exact) mass is 480 g/mol. The number of rotatable bonds is 5. The van der Waals surface area contributed by atoms with Crippen LogP contribution in [0.25, 0.3) is 0 Å². The standard InChI is InChI=1S/C18H26ClFN4.HI/c1-3-24-9-5-6-12(24)11-22-18(21-2)23-16-10-13(16)17-14(19)7-4-8-15(17)20;/h4,7-8,12-13,16H,3,5-6,9-11H2,1-2H3,(H2,21,22,23);1H. The highest BCUT2D eigenvalue weighted by atomic mass is 127. The normalized spacial score (nSPS) is 26.2. The van der Waals surface area contributed by atoms with Gasteiger partial charge in [-0.25, -0.2) is 4.39 Å². The Morgan fingerprint density at radius 1 is 1.44 bits per heavy atom. The molecule has 1 aromatic rings. The van der Waals surface area contributed by atoms with Gasteiger partial charge in [-0.3, -0.25) is 9.89 Å². The molecule has 1 heterocycles. The summed E-state index contributed by atoms with van der Waals surface area (Å²) in [5.41, 5.74) is 0.625. The van der Waals surface area contributed by atoms with Crippen LogP contribution in [-0.4, -0.2) is 49.6 Å². The number of aliphatic imine (C=N–C) groups is 1. The summed E-state index contributed by atoms with van der Waals surface area (Å²) in [6, 6.07) is 5.64. The van der Waals surface area contributed by atoms with Crippen LogP contribution in [0.4, 0.5) is 4.39 Å². The van der Waals surface area contributed by atoms with Gasteiger partial charge in [0, 0.05) is 42.2 Å². The lowest BCUT2D eigenvalue weighted by atomic mass is 10.1. The van der Waals surface area contributed by atoms with Crippen LogP contribution in [0, 0.1) is 5.82 Å². The number of nitrogens with zero attached hydrogens (tertiary/aromatic N) is 2. The van der Waals surface area contributed by atoms with E-state index in [9.17, 15) is 4.39 Å². The first-order valence-corrected chi connectivity index (χ1v) is 9.17. The fraction of sp³-hybridized carbons (Fsp3) is 0.611. The lowest BCUT2D eigenvalue weighted by Crippen LogP contribution is -2.45. The molecule has 1 aliphatic carbocycles. The van der Waals surface area contributed by atoms with Crippen LogP contribution in [-0.2, 0) is 0 Å². The van der Waals surface area contributed by atoms with Gasteiger partial charge in [0.1, 0.15) is 5.82 Å². The van der Waals surface area contributed by atoms with E-state index in [4.69, 9.17) is 11.6 Å². The molecule has 0 radical (unpaired) electrons. The number of benzene rings is 1. The van der Waals surface area contributed by atoms with E-state index in [1.54, 1.807) is 19.2 Å². The van der Waals surface area contributed by atoms with Crippen molar-refractivity contribution in [2.45, 2.75) is 44.2 Å². The predicted molar refractivity (Wildman–Crippen MR) is 113 cm³/mol. The topological polar surface area (TPSA) is 39.7 Å². The van der Waals surface area contributed by atoms with Crippen LogP contribution in [0.1, 0.15) is 37.7 Å². The molecule has 1 aliphatic heterocycles. The Balaban J connectivity index is 0.00000225. The summed E-state index contributed by atoms with van der Waals surface area (Å²) in [7, 11) is 1.77. The minimum absolute atomic E-state index is 0. The summed E-state index contributed by atoms with van der Waals surface area (Å²) in [6.07, 6.45) is 3.38. The van der Waals surface area contributed by atoms with Crippen molar-refractivity contribution in [2.75, 3.05) is 26.7 Å². The summed E-state index contributed by atoms with van der Waals surface area (Å²) in [5.74, 6) is 0.693. The molecular formula is C18H27ClFIN4. The number of likely N-dealkylation sites (N-methyl/N-ethyl adjacent to an activating group) is 1. The van der Waals surface area contributed by atoms with Crippen molar-refractivity contribution in [2.24, 2.45) is 4.99 Å². The van der Waals surface area contributed by atoms with Crippen molar-refractivity contribution in [3.8, 4) is 0 Å². The Hall–Kier alpha value is -0.600. The third-order valence-electron chi connectivity index (χ3n) is 5.12. The van der Waals surface area contributed by atoms with Crippen LogP contribution >= 0.6 is 35.6 Å². The maximum atomic E-state index is 14.0.